The molecule has 0 fully saturated rings. The van der Waals surface area contributed by atoms with E-state index < -0.39 is 0 Å². The molecule has 0 amide bonds. The van der Waals surface area contributed by atoms with Gasteiger partial charge >= 0.3 is 0 Å². The maximum absolute atomic E-state index is 12.8. The van der Waals surface area contributed by atoms with Gasteiger partial charge in [0.05, 0.1) is 6.20 Å². The monoisotopic (exact) mass is 358 g/mol. The van der Waals surface area contributed by atoms with Crippen molar-refractivity contribution in [3.63, 3.8) is 0 Å². The third-order valence-corrected chi connectivity index (χ3v) is 4.89. The van der Waals surface area contributed by atoms with E-state index in [1.54, 1.807) is 31.6 Å². The summed E-state index contributed by atoms with van der Waals surface area (Å²) in [6.07, 6.45) is 8.17. The molecule has 1 aromatic carbocycles. The van der Waals surface area contributed by atoms with Crippen molar-refractivity contribution in [3.05, 3.63) is 81.0 Å². The van der Waals surface area contributed by atoms with E-state index in [4.69, 9.17) is 0 Å². The lowest BCUT2D eigenvalue weighted by atomic mass is 9.86. The quantitative estimate of drug-likeness (QED) is 0.673. The van der Waals surface area contributed by atoms with Crippen molar-refractivity contribution in [2.75, 3.05) is 0 Å². The summed E-state index contributed by atoms with van der Waals surface area (Å²) in [4.78, 5) is 32.8. The number of ketones is 1. The van der Waals surface area contributed by atoms with Crippen molar-refractivity contribution in [2.24, 2.45) is 0 Å². The Bertz CT molecular complexity index is 1130. The van der Waals surface area contributed by atoms with Gasteiger partial charge in [0.1, 0.15) is 0 Å². The molecule has 3 aromatic rings. The van der Waals surface area contributed by atoms with E-state index in [1.807, 2.05) is 31.2 Å². The van der Waals surface area contributed by atoms with Crippen molar-refractivity contribution in [2.45, 2.75) is 26.7 Å². The number of fused-ring (bicyclic) bond motifs is 1. The van der Waals surface area contributed by atoms with Gasteiger partial charge in [0.2, 0.25) is 0 Å². The number of hydrogen-bond donors (Lipinski definition) is 0. The molecule has 0 unspecified atom stereocenters. The third-order valence-electron chi connectivity index (χ3n) is 4.89. The molecule has 2 heterocycles. The number of Topliss-reactive ketones (excluding diaryl/α,β-unsaturated/α-hetero) is 1. The van der Waals surface area contributed by atoms with Crippen molar-refractivity contribution in [3.8, 4) is 5.95 Å². The molecule has 134 valence electrons. The average Bonchev–Trinajstić information content (AvgIpc) is 2.68. The number of allylic oxidation sites excluding steroid dienone is 1. The van der Waals surface area contributed by atoms with E-state index in [-0.39, 0.29) is 17.3 Å². The van der Waals surface area contributed by atoms with Crippen LogP contribution in [0, 0.1) is 6.92 Å². The molecular formula is C21H18N4O2. The van der Waals surface area contributed by atoms with Gasteiger partial charge in [-0.1, -0.05) is 18.2 Å². The topological polar surface area (TPSA) is 77.7 Å². The van der Waals surface area contributed by atoms with Crippen LogP contribution in [0.5, 0.6) is 0 Å². The Balaban J connectivity index is 1.79. The summed E-state index contributed by atoms with van der Waals surface area (Å²) >= 11 is 0. The summed E-state index contributed by atoms with van der Waals surface area (Å²) in [5.41, 5.74) is 5.18. The summed E-state index contributed by atoms with van der Waals surface area (Å²) in [5.74, 6) is 0.323. The molecule has 6 nitrogen and oxygen atoms in total. The Hall–Kier alpha value is -3.41. The Morgan fingerprint density at radius 2 is 1.89 bits per heavy atom. The fourth-order valence-corrected chi connectivity index (χ4v) is 3.52. The number of aromatic nitrogens is 4. The molecule has 0 saturated carbocycles. The van der Waals surface area contributed by atoms with Gasteiger partial charge in [0.25, 0.3) is 11.5 Å². The number of nitrogens with zero attached hydrogens (tertiary/aromatic N) is 4. The van der Waals surface area contributed by atoms with Crippen LogP contribution in [-0.4, -0.2) is 25.5 Å². The van der Waals surface area contributed by atoms with Crippen LogP contribution in [0.3, 0.4) is 0 Å². The van der Waals surface area contributed by atoms with Gasteiger partial charge in [-0.2, -0.15) is 9.78 Å². The fraction of sp³-hybridized carbons (Fsp3) is 0.190. The summed E-state index contributed by atoms with van der Waals surface area (Å²) in [6.45, 7) is 3.54. The minimum atomic E-state index is -0.191. The Morgan fingerprint density at radius 1 is 1.11 bits per heavy atom. The van der Waals surface area contributed by atoms with E-state index in [0.717, 1.165) is 34.2 Å². The third kappa shape index (κ3) is 2.99. The smallest absolute Gasteiger partial charge is 0.278 e. The van der Waals surface area contributed by atoms with Crippen LogP contribution in [0.15, 0.2) is 47.7 Å². The van der Waals surface area contributed by atoms with Crippen molar-refractivity contribution >= 4 is 17.4 Å². The molecular weight excluding hydrogens is 340 g/mol. The lowest BCUT2D eigenvalue weighted by Gasteiger charge is -2.19. The van der Waals surface area contributed by atoms with Crippen LogP contribution in [-0.2, 0) is 6.42 Å². The largest absolute Gasteiger partial charge is 0.295 e. The highest BCUT2D eigenvalue weighted by molar-refractivity contribution is 5.97. The summed E-state index contributed by atoms with van der Waals surface area (Å²) in [7, 11) is 0. The second-order valence-electron chi connectivity index (χ2n) is 6.55. The summed E-state index contributed by atoms with van der Waals surface area (Å²) < 4.78 is 1.24. The normalized spacial score (nSPS) is 13.0. The fourth-order valence-electron chi connectivity index (χ4n) is 3.52. The van der Waals surface area contributed by atoms with Gasteiger partial charge in [-0.25, -0.2) is 9.97 Å². The lowest BCUT2D eigenvalue weighted by Crippen LogP contribution is -2.28. The minimum absolute atomic E-state index is 0.0542. The number of benzene rings is 1. The van der Waals surface area contributed by atoms with Crippen molar-refractivity contribution in [1.82, 2.24) is 19.7 Å². The van der Waals surface area contributed by atoms with Crippen molar-refractivity contribution < 1.29 is 4.79 Å². The summed E-state index contributed by atoms with van der Waals surface area (Å²) in [5, 5.41) is 4.24. The molecule has 6 heteroatoms. The predicted molar refractivity (Wildman–Crippen MR) is 103 cm³/mol. The average molecular weight is 358 g/mol. The Labute approximate surface area is 156 Å². The van der Waals surface area contributed by atoms with Crippen LogP contribution >= 0.6 is 0 Å². The van der Waals surface area contributed by atoms with Crippen LogP contribution < -0.4 is 5.56 Å². The van der Waals surface area contributed by atoms with Gasteiger partial charge in [-0.05, 0) is 55.5 Å². The van der Waals surface area contributed by atoms with E-state index >= 15 is 0 Å². The molecule has 0 atom stereocenters. The van der Waals surface area contributed by atoms with Crippen LogP contribution in [0.25, 0.3) is 17.6 Å². The van der Waals surface area contributed by atoms with Crippen LogP contribution in [0.2, 0.25) is 0 Å². The molecule has 4 rings (SSSR count). The first kappa shape index (κ1) is 17.0. The number of rotatable bonds is 3. The van der Waals surface area contributed by atoms with Crippen LogP contribution in [0.1, 0.15) is 46.0 Å². The molecule has 27 heavy (non-hydrogen) atoms. The highest BCUT2D eigenvalue weighted by Crippen LogP contribution is 2.31. The highest BCUT2D eigenvalue weighted by Gasteiger charge is 2.20. The van der Waals surface area contributed by atoms with Gasteiger partial charge in [0.15, 0.2) is 5.78 Å². The van der Waals surface area contributed by atoms with Crippen molar-refractivity contribution in [1.29, 1.82) is 0 Å². The molecule has 0 radical (unpaired) electrons. The van der Waals surface area contributed by atoms with E-state index in [9.17, 15) is 9.59 Å². The highest BCUT2D eigenvalue weighted by atomic mass is 16.1. The molecule has 0 N–H and O–H groups in total. The molecule has 2 aromatic heterocycles. The predicted octanol–water partition coefficient (Wildman–Crippen LogP) is 3.02. The number of hydrogen-bond acceptors (Lipinski definition) is 5. The first-order valence-electron chi connectivity index (χ1n) is 8.76. The molecule has 0 bridgehead atoms. The van der Waals surface area contributed by atoms with Gasteiger partial charge < -0.3 is 0 Å². The first-order valence-corrected chi connectivity index (χ1v) is 8.76. The molecule has 0 saturated heterocycles. The van der Waals surface area contributed by atoms with E-state index in [1.165, 1.54) is 4.68 Å². The van der Waals surface area contributed by atoms with Gasteiger partial charge in [-0.15, -0.1) is 0 Å². The first-order chi connectivity index (χ1) is 13.1. The zero-order chi connectivity index (χ0) is 19.0. The maximum Gasteiger partial charge on any atom is 0.278 e. The number of carbonyl (C=O) groups excluding carboxylic acids is 1. The Morgan fingerprint density at radius 3 is 2.63 bits per heavy atom. The molecule has 1 aliphatic rings. The second-order valence-corrected chi connectivity index (χ2v) is 6.55. The van der Waals surface area contributed by atoms with Gasteiger partial charge in [0, 0.05) is 29.1 Å². The van der Waals surface area contributed by atoms with Crippen LogP contribution in [0.4, 0.5) is 0 Å². The minimum Gasteiger partial charge on any atom is -0.295 e. The molecule has 0 aliphatic heterocycles. The van der Waals surface area contributed by atoms with E-state index in [2.05, 4.69) is 15.1 Å². The zero-order valence-electron chi connectivity index (χ0n) is 15.1. The summed E-state index contributed by atoms with van der Waals surface area (Å²) in [6, 6.07) is 7.46. The van der Waals surface area contributed by atoms with E-state index in [0.29, 0.717) is 12.0 Å². The molecule has 1 aliphatic carbocycles. The SMILES string of the molecule is CC(=O)c1cccc(C2=Cc3cnn(-c4ncccn4)c(=O)c3CC2)c1C. The molecule has 0 spiro atoms. The lowest BCUT2D eigenvalue weighted by molar-refractivity contribution is 0.101. The number of carbonyl (C=O) groups is 1. The maximum atomic E-state index is 12.8. The second kappa shape index (κ2) is 6.72. The zero-order valence-corrected chi connectivity index (χ0v) is 15.1. The Kier molecular flexibility index (Phi) is 4.24. The standard InChI is InChI=1S/C21H18N4O2/c1-13-17(14(2)26)5-3-6-18(13)15-7-8-19-16(11-15)12-24-25(20(19)27)21-22-9-4-10-23-21/h3-6,9-12H,7-8H2,1-2H3. The van der Waals surface area contributed by atoms with Gasteiger partial charge in [-0.3, -0.25) is 9.59 Å².